The highest BCUT2D eigenvalue weighted by Crippen LogP contribution is 2.38. The van der Waals surface area contributed by atoms with Gasteiger partial charge in [0.1, 0.15) is 12.0 Å². The Balaban J connectivity index is 1.30. The number of ether oxygens (including phenoxy) is 2. The fourth-order valence-electron chi connectivity index (χ4n) is 4.64. The summed E-state index contributed by atoms with van der Waals surface area (Å²) < 4.78 is 12.0. The molecule has 0 spiro atoms. The van der Waals surface area contributed by atoms with Gasteiger partial charge < -0.3 is 25.2 Å². The van der Waals surface area contributed by atoms with Gasteiger partial charge >= 0.3 is 0 Å². The number of benzene rings is 1. The van der Waals surface area contributed by atoms with Crippen molar-refractivity contribution in [3.05, 3.63) is 75.7 Å². The number of aliphatic hydroxyl groups is 1. The van der Waals surface area contributed by atoms with Crippen molar-refractivity contribution >= 4 is 17.4 Å². The normalized spacial score (nSPS) is 19.9. The monoisotopic (exact) mass is 496 g/mol. The van der Waals surface area contributed by atoms with Gasteiger partial charge in [-0.1, -0.05) is 37.1 Å². The Kier molecular flexibility index (Phi) is 8.85. The number of hydrogen-bond acceptors (Lipinski definition) is 8. The largest absolute Gasteiger partial charge is 0.459 e. The number of carbonyl (C=O) groups is 1. The van der Waals surface area contributed by atoms with E-state index in [4.69, 9.17) is 9.47 Å². The lowest BCUT2D eigenvalue weighted by Crippen LogP contribution is -2.36. The average molecular weight is 497 g/mol. The van der Waals surface area contributed by atoms with Gasteiger partial charge in [0.05, 0.1) is 18.1 Å². The Hall–Kier alpha value is -3.50. The van der Waals surface area contributed by atoms with Gasteiger partial charge in [-0.05, 0) is 47.9 Å². The van der Waals surface area contributed by atoms with Crippen LogP contribution in [0.5, 0.6) is 0 Å². The number of allylic oxidation sites excluding steroid dienone is 1. The van der Waals surface area contributed by atoms with Gasteiger partial charge in [0.2, 0.25) is 6.29 Å². The molecule has 4 rings (SSSR count). The first-order valence-electron chi connectivity index (χ1n) is 12.3. The van der Waals surface area contributed by atoms with Crippen molar-refractivity contribution < 1.29 is 24.3 Å². The molecule has 10 nitrogen and oxygen atoms in total. The van der Waals surface area contributed by atoms with Crippen LogP contribution in [0.25, 0.3) is 0 Å². The van der Waals surface area contributed by atoms with Gasteiger partial charge in [0, 0.05) is 25.6 Å². The highest BCUT2D eigenvalue weighted by Gasteiger charge is 2.33. The second-order valence-electron chi connectivity index (χ2n) is 9.15. The first-order valence-corrected chi connectivity index (χ1v) is 12.3. The second-order valence-corrected chi connectivity index (χ2v) is 9.15. The minimum atomic E-state index is -0.513. The van der Waals surface area contributed by atoms with Crippen LogP contribution in [0.15, 0.2) is 54.4 Å². The molecule has 1 aromatic carbocycles. The van der Waals surface area contributed by atoms with Gasteiger partial charge in [-0.2, -0.15) is 0 Å². The quantitative estimate of drug-likeness (QED) is 0.244. The molecule has 36 heavy (non-hydrogen) atoms. The molecular formula is C26H32N4O6. The Labute approximate surface area is 209 Å². The number of nitro groups is 1. The molecule has 1 fully saturated rings. The molecule has 1 aliphatic heterocycles. The first kappa shape index (κ1) is 25.6. The van der Waals surface area contributed by atoms with Crippen molar-refractivity contribution in [3.63, 3.8) is 0 Å². The van der Waals surface area contributed by atoms with Crippen LogP contribution in [0.4, 0.5) is 11.5 Å². The molecule has 2 aliphatic rings. The van der Waals surface area contributed by atoms with E-state index in [1.165, 1.54) is 31.2 Å². The number of anilines is 1. The summed E-state index contributed by atoms with van der Waals surface area (Å²) in [7, 11) is 0. The van der Waals surface area contributed by atoms with E-state index < -0.39 is 11.2 Å². The molecule has 10 heteroatoms. The molecule has 1 saturated carbocycles. The summed E-state index contributed by atoms with van der Waals surface area (Å²) in [6.45, 7) is 1.09. The smallest absolute Gasteiger partial charge is 0.287 e. The van der Waals surface area contributed by atoms with Crippen molar-refractivity contribution in [2.45, 2.75) is 51.6 Å². The highest BCUT2D eigenvalue weighted by molar-refractivity contribution is 5.91. The van der Waals surface area contributed by atoms with E-state index in [1.807, 2.05) is 30.3 Å². The van der Waals surface area contributed by atoms with Gasteiger partial charge in [0.15, 0.2) is 5.76 Å². The third kappa shape index (κ3) is 7.02. The summed E-state index contributed by atoms with van der Waals surface area (Å²) in [5.41, 5.74) is 1.74. The predicted octanol–water partition coefficient (Wildman–Crippen LogP) is 3.66. The van der Waals surface area contributed by atoms with E-state index in [0.29, 0.717) is 37.9 Å². The molecule has 192 valence electrons. The number of nitrogens with zero attached hydrogens (tertiary/aromatic N) is 2. The molecule has 3 N–H and O–H groups in total. The molecular weight excluding hydrogens is 464 g/mol. The Morgan fingerprint density at radius 3 is 2.56 bits per heavy atom. The number of amides is 1. The summed E-state index contributed by atoms with van der Waals surface area (Å²) in [5, 5.41) is 25.8. The maximum Gasteiger partial charge on any atom is 0.287 e. The minimum absolute atomic E-state index is 0.000876. The number of carbonyl (C=O) groups excluding carboxylic acids is 1. The first-order chi connectivity index (χ1) is 17.5. The Bertz CT molecular complexity index is 1050. The van der Waals surface area contributed by atoms with E-state index in [0.717, 1.165) is 24.0 Å². The standard InChI is InChI=1S/C26H32N4O6/c31-16-18-5-7-19(8-6-18)17-35-25-14-21(20-3-1-2-4-20)13-23(36-25)26(32)28-12-11-27-24-10-9-22(15-29-24)30(33)34/h5-10,13,15,20-21,25,31H,1-4,11-12,14,16-17H2,(H,27,29)(H,28,32)/t21-,25+/m0/s1. The number of aromatic nitrogens is 1. The zero-order chi connectivity index (χ0) is 25.3. The lowest BCUT2D eigenvalue weighted by atomic mass is 9.86. The third-order valence-corrected chi connectivity index (χ3v) is 6.63. The fourth-order valence-corrected chi connectivity index (χ4v) is 4.64. The number of aliphatic hydroxyl groups excluding tert-OH is 1. The van der Waals surface area contributed by atoms with Crippen molar-refractivity contribution in [2.24, 2.45) is 11.8 Å². The number of nitrogens with one attached hydrogen (secondary N) is 2. The molecule has 1 amide bonds. The van der Waals surface area contributed by atoms with Crippen LogP contribution in [-0.2, 0) is 27.5 Å². The average Bonchev–Trinajstić information content (AvgIpc) is 3.45. The van der Waals surface area contributed by atoms with Crippen LogP contribution >= 0.6 is 0 Å². The summed E-state index contributed by atoms with van der Waals surface area (Å²) in [4.78, 5) is 27.1. The topological polar surface area (TPSA) is 136 Å². The van der Waals surface area contributed by atoms with E-state index in [1.54, 1.807) is 0 Å². The van der Waals surface area contributed by atoms with Crippen LogP contribution in [0.1, 0.15) is 43.2 Å². The van der Waals surface area contributed by atoms with Crippen LogP contribution in [-0.4, -0.2) is 40.3 Å². The van der Waals surface area contributed by atoms with Crippen LogP contribution in [0.3, 0.4) is 0 Å². The maximum atomic E-state index is 12.9. The maximum absolute atomic E-state index is 12.9. The number of pyridine rings is 1. The van der Waals surface area contributed by atoms with E-state index in [-0.39, 0.29) is 29.9 Å². The van der Waals surface area contributed by atoms with Gasteiger partial charge in [-0.3, -0.25) is 14.9 Å². The minimum Gasteiger partial charge on any atom is -0.459 e. The Morgan fingerprint density at radius 2 is 1.89 bits per heavy atom. The summed E-state index contributed by atoms with van der Waals surface area (Å²) in [6, 6.07) is 10.5. The molecule has 2 aromatic rings. The number of rotatable bonds is 11. The van der Waals surface area contributed by atoms with E-state index in [2.05, 4.69) is 15.6 Å². The van der Waals surface area contributed by atoms with Gasteiger partial charge in [-0.25, -0.2) is 4.98 Å². The molecule has 1 aromatic heterocycles. The van der Waals surface area contributed by atoms with Gasteiger partial charge in [0.25, 0.3) is 11.6 Å². The highest BCUT2D eigenvalue weighted by atomic mass is 16.7. The van der Waals surface area contributed by atoms with Crippen LogP contribution in [0.2, 0.25) is 0 Å². The molecule has 0 unspecified atom stereocenters. The van der Waals surface area contributed by atoms with Crippen molar-refractivity contribution in [2.75, 3.05) is 18.4 Å². The van der Waals surface area contributed by atoms with Crippen LogP contribution < -0.4 is 10.6 Å². The third-order valence-electron chi connectivity index (χ3n) is 6.63. The molecule has 0 radical (unpaired) electrons. The SMILES string of the molecule is O=C(NCCNc1ccc([N+](=O)[O-])cn1)C1=C[C@H](C2CCCC2)C[C@H](OCc2ccc(CO)cc2)O1. The zero-order valence-corrected chi connectivity index (χ0v) is 20.1. The molecule has 0 saturated heterocycles. The molecule has 1 aliphatic carbocycles. The zero-order valence-electron chi connectivity index (χ0n) is 20.1. The molecule has 0 bridgehead atoms. The van der Waals surface area contributed by atoms with Gasteiger partial charge in [-0.15, -0.1) is 0 Å². The summed E-state index contributed by atoms with van der Waals surface area (Å²) >= 11 is 0. The second kappa shape index (κ2) is 12.5. The fraction of sp³-hybridized carbons (Fsp3) is 0.462. The lowest BCUT2D eigenvalue weighted by Gasteiger charge is -2.32. The van der Waals surface area contributed by atoms with E-state index >= 15 is 0 Å². The van der Waals surface area contributed by atoms with Crippen LogP contribution in [0, 0.1) is 22.0 Å². The van der Waals surface area contributed by atoms with Crippen molar-refractivity contribution in [1.29, 1.82) is 0 Å². The van der Waals surface area contributed by atoms with E-state index in [9.17, 15) is 20.0 Å². The Morgan fingerprint density at radius 1 is 1.14 bits per heavy atom. The molecule has 2 atom stereocenters. The summed E-state index contributed by atoms with van der Waals surface area (Å²) in [6.07, 6.45) is 8.06. The lowest BCUT2D eigenvalue weighted by molar-refractivity contribution is -0.385. The predicted molar refractivity (Wildman–Crippen MR) is 133 cm³/mol. The summed E-state index contributed by atoms with van der Waals surface area (Å²) in [5.74, 6) is 1.24. The van der Waals surface area contributed by atoms with Crippen molar-refractivity contribution in [3.8, 4) is 0 Å². The molecule has 2 heterocycles. The number of hydrogen-bond donors (Lipinski definition) is 3. The van der Waals surface area contributed by atoms with Crippen molar-refractivity contribution in [1.82, 2.24) is 10.3 Å².